The monoisotopic (exact) mass is 234 g/mol. The maximum atomic E-state index is 12.7. The Labute approximate surface area is 89.1 Å². The Hall–Kier alpha value is -1.60. The highest BCUT2D eigenvalue weighted by molar-refractivity contribution is 5.74. The highest BCUT2D eigenvalue weighted by Gasteiger charge is 2.10. The zero-order valence-electron chi connectivity index (χ0n) is 8.10. The standard InChI is InChI=1S/C9H9F3N2O2/c10-6-1-5(2-7(11)9(6)12)3-14-16-4-8(13)15/h1-2,14H,3-4H2,(H2,13,15). The highest BCUT2D eigenvalue weighted by atomic mass is 19.2. The first-order chi connectivity index (χ1) is 7.50. The first-order valence-electron chi connectivity index (χ1n) is 4.27. The molecule has 88 valence electrons. The van der Waals surface area contributed by atoms with Gasteiger partial charge in [-0.2, -0.15) is 5.48 Å². The van der Waals surface area contributed by atoms with Gasteiger partial charge in [0.2, 0.25) is 5.91 Å². The van der Waals surface area contributed by atoms with Crippen molar-refractivity contribution < 1.29 is 22.8 Å². The predicted molar refractivity (Wildman–Crippen MR) is 48.3 cm³/mol. The Morgan fingerprint density at radius 2 is 1.88 bits per heavy atom. The SMILES string of the molecule is NC(=O)CONCc1cc(F)c(F)c(F)c1. The minimum atomic E-state index is -1.53. The van der Waals surface area contributed by atoms with Gasteiger partial charge in [0.05, 0.1) is 0 Å². The predicted octanol–water partition coefficient (Wildman–Crippen LogP) is 0.610. The average Bonchev–Trinajstić information content (AvgIpc) is 2.20. The molecule has 0 aliphatic heterocycles. The second-order valence-electron chi connectivity index (χ2n) is 2.95. The molecule has 0 heterocycles. The van der Waals surface area contributed by atoms with Crippen LogP contribution >= 0.6 is 0 Å². The van der Waals surface area contributed by atoms with E-state index in [1.165, 1.54) is 0 Å². The van der Waals surface area contributed by atoms with Crippen LogP contribution in [0.15, 0.2) is 12.1 Å². The van der Waals surface area contributed by atoms with Crippen LogP contribution in [0.1, 0.15) is 5.56 Å². The van der Waals surface area contributed by atoms with Crippen molar-refractivity contribution in [3.8, 4) is 0 Å². The number of nitrogens with two attached hydrogens (primary N) is 1. The van der Waals surface area contributed by atoms with Crippen molar-refractivity contribution in [1.29, 1.82) is 0 Å². The molecule has 0 unspecified atom stereocenters. The van der Waals surface area contributed by atoms with E-state index >= 15 is 0 Å². The van der Waals surface area contributed by atoms with E-state index in [4.69, 9.17) is 5.73 Å². The van der Waals surface area contributed by atoms with E-state index in [1.54, 1.807) is 0 Å². The van der Waals surface area contributed by atoms with Gasteiger partial charge >= 0.3 is 0 Å². The Bertz CT molecular complexity index is 375. The molecule has 0 spiro atoms. The number of amides is 1. The summed E-state index contributed by atoms with van der Waals surface area (Å²) in [7, 11) is 0. The second-order valence-corrected chi connectivity index (χ2v) is 2.95. The summed E-state index contributed by atoms with van der Waals surface area (Å²) in [6, 6.07) is 1.64. The minimum absolute atomic E-state index is 0.0819. The molecule has 0 atom stereocenters. The van der Waals surface area contributed by atoms with Crippen molar-refractivity contribution in [2.24, 2.45) is 5.73 Å². The van der Waals surface area contributed by atoms with Crippen molar-refractivity contribution in [3.05, 3.63) is 35.1 Å². The second kappa shape index (κ2) is 5.47. The van der Waals surface area contributed by atoms with Crippen molar-refractivity contribution in [1.82, 2.24) is 5.48 Å². The molecule has 0 fully saturated rings. The molecule has 1 aromatic rings. The molecule has 7 heteroatoms. The van der Waals surface area contributed by atoms with Gasteiger partial charge in [-0.05, 0) is 17.7 Å². The molecule has 1 aromatic carbocycles. The molecule has 0 aromatic heterocycles. The number of nitrogens with one attached hydrogen (secondary N) is 1. The minimum Gasteiger partial charge on any atom is -0.368 e. The van der Waals surface area contributed by atoms with Gasteiger partial charge in [0.15, 0.2) is 17.5 Å². The van der Waals surface area contributed by atoms with Crippen molar-refractivity contribution >= 4 is 5.91 Å². The molecular weight excluding hydrogens is 225 g/mol. The number of hydroxylamine groups is 1. The number of carbonyl (C=O) groups excluding carboxylic acids is 1. The number of benzene rings is 1. The summed E-state index contributed by atoms with van der Waals surface area (Å²) in [6.45, 7) is -0.451. The molecule has 0 saturated carbocycles. The topological polar surface area (TPSA) is 64.4 Å². The Kier molecular flexibility index (Phi) is 4.27. The lowest BCUT2D eigenvalue weighted by Gasteiger charge is -2.05. The number of carbonyl (C=O) groups is 1. The van der Waals surface area contributed by atoms with Gasteiger partial charge < -0.3 is 5.73 Å². The third kappa shape index (κ3) is 3.52. The zero-order valence-corrected chi connectivity index (χ0v) is 8.10. The van der Waals surface area contributed by atoms with Gasteiger partial charge in [0, 0.05) is 6.54 Å². The van der Waals surface area contributed by atoms with Gasteiger partial charge in [0.1, 0.15) is 6.61 Å². The molecule has 0 aliphatic carbocycles. The zero-order chi connectivity index (χ0) is 12.1. The molecule has 1 rings (SSSR count). The maximum absolute atomic E-state index is 12.7. The van der Waals surface area contributed by atoms with E-state index in [9.17, 15) is 18.0 Å². The molecule has 16 heavy (non-hydrogen) atoms. The maximum Gasteiger partial charge on any atom is 0.245 e. The highest BCUT2D eigenvalue weighted by Crippen LogP contribution is 2.13. The van der Waals surface area contributed by atoms with Crippen LogP contribution in [-0.4, -0.2) is 12.5 Å². The van der Waals surface area contributed by atoms with Crippen LogP contribution in [0.2, 0.25) is 0 Å². The van der Waals surface area contributed by atoms with Gasteiger partial charge in [0.25, 0.3) is 0 Å². The van der Waals surface area contributed by atoms with Crippen LogP contribution in [0.5, 0.6) is 0 Å². The van der Waals surface area contributed by atoms with Crippen LogP contribution in [0, 0.1) is 17.5 Å². The van der Waals surface area contributed by atoms with E-state index in [0.29, 0.717) is 0 Å². The summed E-state index contributed by atoms with van der Waals surface area (Å²) >= 11 is 0. The van der Waals surface area contributed by atoms with Gasteiger partial charge in [-0.3, -0.25) is 9.63 Å². The molecule has 0 saturated heterocycles. The van der Waals surface area contributed by atoms with Crippen molar-refractivity contribution in [2.45, 2.75) is 6.54 Å². The fraction of sp³-hybridized carbons (Fsp3) is 0.222. The van der Waals surface area contributed by atoms with Gasteiger partial charge in [-0.25, -0.2) is 13.2 Å². The third-order valence-electron chi connectivity index (χ3n) is 1.64. The molecule has 3 N–H and O–H groups in total. The number of halogens is 3. The fourth-order valence-corrected chi connectivity index (χ4v) is 0.967. The Balaban J connectivity index is 2.52. The third-order valence-corrected chi connectivity index (χ3v) is 1.64. The normalized spacial score (nSPS) is 10.4. The molecule has 1 amide bonds. The van der Waals surface area contributed by atoms with Crippen molar-refractivity contribution in [2.75, 3.05) is 6.61 Å². The molecule has 0 radical (unpaired) electrons. The molecule has 0 bridgehead atoms. The Morgan fingerprint density at radius 1 is 1.31 bits per heavy atom. The van der Waals surface area contributed by atoms with E-state index in [0.717, 1.165) is 12.1 Å². The number of rotatable bonds is 5. The van der Waals surface area contributed by atoms with Gasteiger partial charge in [-0.15, -0.1) is 0 Å². The fourth-order valence-electron chi connectivity index (χ4n) is 0.967. The lowest BCUT2D eigenvalue weighted by molar-refractivity contribution is -0.125. The average molecular weight is 234 g/mol. The number of primary amides is 1. The van der Waals surface area contributed by atoms with E-state index < -0.39 is 23.4 Å². The molecule has 0 aliphatic rings. The summed E-state index contributed by atoms with van der Waals surface area (Å²) in [4.78, 5) is 14.8. The van der Waals surface area contributed by atoms with Crippen molar-refractivity contribution in [3.63, 3.8) is 0 Å². The van der Waals surface area contributed by atoms with Crippen LogP contribution in [0.3, 0.4) is 0 Å². The number of hydrogen-bond donors (Lipinski definition) is 2. The van der Waals surface area contributed by atoms with E-state index in [-0.39, 0.29) is 18.7 Å². The smallest absolute Gasteiger partial charge is 0.245 e. The van der Waals surface area contributed by atoms with Crippen LogP contribution in [-0.2, 0) is 16.2 Å². The summed E-state index contributed by atoms with van der Waals surface area (Å²) in [5.41, 5.74) is 7.16. The van der Waals surface area contributed by atoms with E-state index in [2.05, 4.69) is 10.3 Å². The lowest BCUT2D eigenvalue weighted by atomic mass is 10.2. The summed E-state index contributed by atoms with van der Waals surface area (Å²) in [5.74, 6) is -4.79. The largest absolute Gasteiger partial charge is 0.368 e. The van der Waals surface area contributed by atoms with Crippen LogP contribution < -0.4 is 11.2 Å². The molecular formula is C9H9F3N2O2. The Morgan fingerprint density at radius 3 is 2.38 bits per heavy atom. The quantitative estimate of drug-likeness (QED) is 0.445. The first kappa shape index (κ1) is 12.5. The first-order valence-corrected chi connectivity index (χ1v) is 4.27. The van der Waals surface area contributed by atoms with E-state index in [1.807, 2.05) is 0 Å². The summed E-state index contributed by atoms with van der Waals surface area (Å²) in [5, 5.41) is 0. The lowest BCUT2D eigenvalue weighted by Crippen LogP contribution is -2.24. The van der Waals surface area contributed by atoms with Crippen LogP contribution in [0.25, 0.3) is 0 Å². The van der Waals surface area contributed by atoms with Gasteiger partial charge in [-0.1, -0.05) is 0 Å². The number of hydrogen-bond acceptors (Lipinski definition) is 3. The van der Waals surface area contributed by atoms with Crippen LogP contribution in [0.4, 0.5) is 13.2 Å². The molecule has 4 nitrogen and oxygen atoms in total. The summed E-state index contributed by atoms with van der Waals surface area (Å²) in [6.07, 6.45) is 0. The summed E-state index contributed by atoms with van der Waals surface area (Å²) < 4.78 is 38.0.